The third-order valence-electron chi connectivity index (χ3n) is 3.83. The van der Waals surface area contributed by atoms with Gasteiger partial charge in [0.15, 0.2) is 0 Å². The van der Waals surface area contributed by atoms with Crippen molar-refractivity contribution in [3.05, 3.63) is 53.4 Å². The molecule has 1 N–H and O–H groups in total. The second-order valence-corrected chi connectivity index (χ2v) is 6.26. The number of hydrogen-bond donors (Lipinski definition) is 1. The molecule has 3 rings (SSSR count). The van der Waals surface area contributed by atoms with E-state index in [1.54, 1.807) is 0 Å². The first-order chi connectivity index (χ1) is 10.3. The van der Waals surface area contributed by atoms with Crippen LogP contribution in [0.25, 0.3) is 10.1 Å². The van der Waals surface area contributed by atoms with E-state index in [1.807, 2.05) is 23.7 Å². The minimum atomic E-state index is 0.321. The van der Waals surface area contributed by atoms with Crippen LogP contribution >= 0.6 is 11.3 Å². The molecule has 0 aliphatic heterocycles. The summed E-state index contributed by atoms with van der Waals surface area (Å²) in [4.78, 5) is 4.48. The fourth-order valence-electron chi connectivity index (χ4n) is 2.65. The number of imidazole rings is 1. The zero-order chi connectivity index (χ0) is 14.7. The van der Waals surface area contributed by atoms with Gasteiger partial charge in [-0.3, -0.25) is 0 Å². The van der Waals surface area contributed by atoms with Gasteiger partial charge in [-0.05, 0) is 35.4 Å². The van der Waals surface area contributed by atoms with Gasteiger partial charge >= 0.3 is 0 Å². The highest BCUT2D eigenvalue weighted by Crippen LogP contribution is 2.31. The quantitative estimate of drug-likeness (QED) is 0.747. The Morgan fingerprint density at radius 2 is 2.19 bits per heavy atom. The van der Waals surface area contributed by atoms with Crippen LogP contribution in [0.15, 0.2) is 42.0 Å². The van der Waals surface area contributed by atoms with Gasteiger partial charge in [0.2, 0.25) is 0 Å². The Kier molecular flexibility index (Phi) is 4.36. The molecule has 0 amide bonds. The number of benzene rings is 1. The SMILES string of the molecule is CCCNC(Cc1nccn1C)c1csc2ccccc12. The standard InChI is InChI=1S/C17H21N3S/c1-3-8-18-15(11-17-19-9-10-20(17)2)14-12-21-16-7-5-4-6-13(14)16/h4-7,9-10,12,15,18H,3,8,11H2,1-2H3. The minimum absolute atomic E-state index is 0.321. The molecule has 4 heteroatoms. The first-order valence-electron chi connectivity index (χ1n) is 7.45. The summed E-state index contributed by atoms with van der Waals surface area (Å²) in [5.41, 5.74) is 1.40. The summed E-state index contributed by atoms with van der Waals surface area (Å²) in [7, 11) is 2.06. The molecule has 2 aromatic heterocycles. The first kappa shape index (κ1) is 14.3. The van der Waals surface area contributed by atoms with Gasteiger partial charge in [0.05, 0.1) is 0 Å². The Labute approximate surface area is 129 Å². The maximum Gasteiger partial charge on any atom is 0.110 e. The van der Waals surface area contributed by atoms with Gasteiger partial charge in [-0.15, -0.1) is 11.3 Å². The van der Waals surface area contributed by atoms with Crippen LogP contribution in [-0.4, -0.2) is 16.1 Å². The predicted octanol–water partition coefficient (Wildman–Crippen LogP) is 3.92. The van der Waals surface area contributed by atoms with Crippen LogP contribution in [0.2, 0.25) is 0 Å². The molecule has 0 saturated carbocycles. The van der Waals surface area contributed by atoms with Gasteiger partial charge in [0.1, 0.15) is 5.82 Å². The van der Waals surface area contributed by atoms with Gasteiger partial charge in [-0.2, -0.15) is 0 Å². The van der Waals surface area contributed by atoms with Crippen molar-refractivity contribution in [1.29, 1.82) is 0 Å². The van der Waals surface area contributed by atoms with Crippen LogP contribution < -0.4 is 5.32 Å². The topological polar surface area (TPSA) is 29.9 Å². The monoisotopic (exact) mass is 299 g/mol. The molecule has 1 atom stereocenters. The molecule has 21 heavy (non-hydrogen) atoms. The maximum absolute atomic E-state index is 4.48. The number of rotatable bonds is 6. The van der Waals surface area contributed by atoms with E-state index in [-0.39, 0.29) is 0 Å². The Balaban J connectivity index is 1.93. The Morgan fingerprint density at radius 3 is 2.95 bits per heavy atom. The number of aromatic nitrogens is 2. The van der Waals surface area contributed by atoms with E-state index in [9.17, 15) is 0 Å². The molecule has 0 saturated heterocycles. The molecule has 2 heterocycles. The lowest BCUT2D eigenvalue weighted by molar-refractivity contribution is 0.515. The zero-order valence-corrected chi connectivity index (χ0v) is 13.4. The molecule has 3 nitrogen and oxygen atoms in total. The van der Waals surface area contributed by atoms with Crippen molar-refractivity contribution in [3.8, 4) is 0 Å². The molecule has 3 aromatic rings. The largest absolute Gasteiger partial charge is 0.338 e. The molecular weight excluding hydrogens is 278 g/mol. The second kappa shape index (κ2) is 6.41. The number of nitrogens with one attached hydrogen (secondary N) is 1. The van der Waals surface area contributed by atoms with Crippen molar-refractivity contribution < 1.29 is 0 Å². The van der Waals surface area contributed by atoms with Crippen LogP contribution in [0.5, 0.6) is 0 Å². The summed E-state index contributed by atoms with van der Waals surface area (Å²) in [5, 5.41) is 7.34. The van der Waals surface area contributed by atoms with Crippen LogP contribution in [0.1, 0.15) is 30.8 Å². The molecule has 1 unspecified atom stereocenters. The third-order valence-corrected chi connectivity index (χ3v) is 4.82. The number of thiophene rings is 1. The molecule has 0 fully saturated rings. The lowest BCUT2D eigenvalue weighted by Gasteiger charge is -2.18. The molecular formula is C17H21N3S. The van der Waals surface area contributed by atoms with Gasteiger partial charge < -0.3 is 9.88 Å². The van der Waals surface area contributed by atoms with E-state index >= 15 is 0 Å². The van der Waals surface area contributed by atoms with Gasteiger partial charge in [-0.25, -0.2) is 4.98 Å². The number of hydrogen-bond acceptors (Lipinski definition) is 3. The Morgan fingerprint density at radius 1 is 1.33 bits per heavy atom. The summed E-state index contributed by atoms with van der Waals surface area (Å²) in [6.45, 7) is 3.23. The summed E-state index contributed by atoms with van der Waals surface area (Å²) in [6, 6.07) is 8.97. The van der Waals surface area contributed by atoms with Crippen LogP contribution in [0, 0.1) is 0 Å². The number of aryl methyl sites for hydroxylation is 1. The van der Waals surface area contributed by atoms with Crippen molar-refractivity contribution in [1.82, 2.24) is 14.9 Å². The average molecular weight is 299 g/mol. The molecule has 0 aliphatic carbocycles. The Hall–Kier alpha value is -1.65. The van der Waals surface area contributed by atoms with Gasteiger partial charge in [0, 0.05) is 36.6 Å². The highest BCUT2D eigenvalue weighted by Gasteiger charge is 2.17. The average Bonchev–Trinajstić information content (AvgIpc) is 3.10. The van der Waals surface area contributed by atoms with Gasteiger partial charge in [0.25, 0.3) is 0 Å². The highest BCUT2D eigenvalue weighted by atomic mass is 32.1. The van der Waals surface area contributed by atoms with Gasteiger partial charge in [-0.1, -0.05) is 25.1 Å². The van der Waals surface area contributed by atoms with Crippen LogP contribution in [0.4, 0.5) is 0 Å². The summed E-state index contributed by atoms with van der Waals surface area (Å²) in [6.07, 6.45) is 5.94. The van der Waals surface area contributed by atoms with Crippen molar-refractivity contribution in [2.24, 2.45) is 7.05 Å². The van der Waals surface area contributed by atoms with E-state index in [0.29, 0.717) is 6.04 Å². The fraction of sp³-hybridized carbons (Fsp3) is 0.353. The van der Waals surface area contributed by atoms with E-state index in [4.69, 9.17) is 0 Å². The third kappa shape index (κ3) is 3.01. The number of nitrogens with zero attached hydrogens (tertiary/aromatic N) is 2. The fourth-order valence-corrected chi connectivity index (χ4v) is 3.67. The normalized spacial score (nSPS) is 12.9. The minimum Gasteiger partial charge on any atom is -0.338 e. The first-order valence-corrected chi connectivity index (χ1v) is 8.33. The molecule has 0 aliphatic rings. The molecule has 0 radical (unpaired) electrons. The number of fused-ring (bicyclic) bond motifs is 1. The summed E-state index contributed by atoms with van der Waals surface area (Å²) in [5.74, 6) is 1.12. The smallest absolute Gasteiger partial charge is 0.110 e. The molecule has 1 aromatic carbocycles. The van der Waals surface area contributed by atoms with E-state index in [0.717, 1.165) is 25.2 Å². The summed E-state index contributed by atoms with van der Waals surface area (Å²) >= 11 is 1.83. The van der Waals surface area contributed by atoms with Crippen molar-refractivity contribution in [3.63, 3.8) is 0 Å². The maximum atomic E-state index is 4.48. The lowest BCUT2D eigenvalue weighted by atomic mass is 10.0. The second-order valence-electron chi connectivity index (χ2n) is 5.35. The highest BCUT2D eigenvalue weighted by molar-refractivity contribution is 7.17. The molecule has 0 spiro atoms. The van der Waals surface area contributed by atoms with E-state index < -0.39 is 0 Å². The zero-order valence-electron chi connectivity index (χ0n) is 12.5. The van der Waals surface area contributed by atoms with Crippen molar-refractivity contribution in [2.75, 3.05) is 6.54 Å². The predicted molar refractivity (Wildman–Crippen MR) is 89.8 cm³/mol. The van der Waals surface area contributed by atoms with Crippen LogP contribution in [0.3, 0.4) is 0 Å². The van der Waals surface area contributed by atoms with E-state index in [1.165, 1.54) is 15.6 Å². The summed E-state index contributed by atoms with van der Waals surface area (Å²) < 4.78 is 3.46. The van der Waals surface area contributed by atoms with Crippen molar-refractivity contribution in [2.45, 2.75) is 25.8 Å². The van der Waals surface area contributed by atoms with Crippen molar-refractivity contribution >= 4 is 21.4 Å². The van der Waals surface area contributed by atoms with E-state index in [2.05, 4.69) is 58.5 Å². The Bertz CT molecular complexity index is 713. The molecule has 110 valence electrons. The molecule has 0 bridgehead atoms. The lowest BCUT2D eigenvalue weighted by Crippen LogP contribution is -2.25. The van der Waals surface area contributed by atoms with Crippen LogP contribution in [-0.2, 0) is 13.5 Å².